The summed E-state index contributed by atoms with van der Waals surface area (Å²) in [4.78, 5) is 20.2. The summed E-state index contributed by atoms with van der Waals surface area (Å²) in [6.45, 7) is -0.817. The molecule has 0 fully saturated rings. The van der Waals surface area contributed by atoms with Crippen LogP contribution in [0.3, 0.4) is 0 Å². The predicted octanol–water partition coefficient (Wildman–Crippen LogP) is 5.25. The van der Waals surface area contributed by atoms with Gasteiger partial charge < -0.3 is 15.5 Å². The van der Waals surface area contributed by atoms with Crippen LogP contribution in [0.5, 0.6) is 11.6 Å². The van der Waals surface area contributed by atoms with E-state index >= 15 is 0 Å². The first-order valence-electron chi connectivity index (χ1n) is 11.8. The van der Waals surface area contributed by atoms with Crippen molar-refractivity contribution in [2.75, 3.05) is 22.9 Å². The van der Waals surface area contributed by atoms with Gasteiger partial charge in [0.1, 0.15) is 17.4 Å². The number of aromatic amines is 1. The summed E-state index contributed by atoms with van der Waals surface area (Å²) in [5, 5.41) is 4.79. The number of carbonyl (C=O) groups excluding carboxylic acids is 1. The van der Waals surface area contributed by atoms with Crippen LogP contribution in [0.1, 0.15) is 22.5 Å². The molecule has 0 saturated carbocycles. The number of nitrogens with zero attached hydrogens (tertiary/aromatic N) is 3. The molecule has 0 aliphatic rings. The van der Waals surface area contributed by atoms with Gasteiger partial charge in [0.15, 0.2) is 0 Å². The number of ketones is 1. The summed E-state index contributed by atoms with van der Waals surface area (Å²) in [6.07, 6.45) is 2.65. The summed E-state index contributed by atoms with van der Waals surface area (Å²) in [5.41, 5.74) is 6.76. The Morgan fingerprint density at radius 1 is 1.18 bits per heavy atom. The van der Waals surface area contributed by atoms with E-state index in [0.29, 0.717) is 28.2 Å². The minimum absolute atomic E-state index is 0.0106. The van der Waals surface area contributed by atoms with Crippen LogP contribution >= 0.6 is 11.6 Å². The maximum Gasteiger partial charge on any atom is 0.232 e. The number of halogens is 3. The van der Waals surface area contributed by atoms with Crippen LogP contribution in [0.2, 0.25) is 5.02 Å². The van der Waals surface area contributed by atoms with Crippen molar-refractivity contribution in [3.8, 4) is 17.3 Å². The van der Waals surface area contributed by atoms with E-state index in [-0.39, 0.29) is 34.2 Å². The number of hydrogen-bond acceptors (Lipinski definition) is 7. The highest BCUT2D eigenvalue weighted by atomic mass is 35.5. The van der Waals surface area contributed by atoms with Gasteiger partial charge in [-0.3, -0.25) is 13.9 Å². The fourth-order valence-electron chi connectivity index (χ4n) is 3.94. The number of sulfonamides is 1. The lowest BCUT2D eigenvalue weighted by atomic mass is 10.1. The Bertz CT molecular complexity index is 1830. The van der Waals surface area contributed by atoms with Crippen molar-refractivity contribution < 1.29 is 26.7 Å². The lowest BCUT2D eigenvalue weighted by Gasteiger charge is -2.10. The largest absolute Gasteiger partial charge is 0.439 e. The standard InChI is InChI=1S/C26H21ClF2N6O4S/c27-18-12-16(39-24-4-1-2-8-31-24)5-6-23(18)35-26(30)17(14-32-35)25(36)22-11-15-10-19(29)21(13-20(15)33-22)34-40(37,38)9-3-7-28/h1-2,4-6,8,10-14,33-34H,3,7,9,30H2. The van der Waals surface area contributed by atoms with Gasteiger partial charge in [-0.15, -0.1) is 0 Å². The number of nitrogens with two attached hydrogens (primary N) is 1. The second kappa shape index (κ2) is 10.9. The molecule has 5 rings (SSSR count). The SMILES string of the molecule is Nc1c(C(=O)c2cc3cc(F)c(NS(=O)(=O)CCCF)cc3[nH]2)cnn1-c1ccc(Oc2ccccn2)cc1Cl. The number of rotatable bonds is 10. The first-order valence-corrected chi connectivity index (χ1v) is 13.8. The van der Waals surface area contributed by atoms with Gasteiger partial charge in [-0.05, 0) is 42.8 Å². The number of H-pyrrole nitrogens is 1. The van der Waals surface area contributed by atoms with Crippen LogP contribution in [0, 0.1) is 5.82 Å². The molecule has 0 radical (unpaired) electrons. The van der Waals surface area contributed by atoms with Crippen LogP contribution in [-0.2, 0) is 10.0 Å². The second-order valence-corrected chi connectivity index (χ2v) is 10.9. The summed E-state index contributed by atoms with van der Waals surface area (Å²) in [6, 6.07) is 13.8. The molecule has 3 aromatic heterocycles. The number of carbonyl (C=O) groups is 1. The molecule has 0 atom stereocenters. The zero-order chi connectivity index (χ0) is 28.4. The van der Waals surface area contributed by atoms with E-state index in [2.05, 4.69) is 19.8 Å². The summed E-state index contributed by atoms with van der Waals surface area (Å²) < 4.78 is 60.2. The number of nitrogens with one attached hydrogen (secondary N) is 2. The van der Waals surface area contributed by atoms with Crippen molar-refractivity contribution in [2.45, 2.75) is 6.42 Å². The van der Waals surface area contributed by atoms with Gasteiger partial charge in [-0.1, -0.05) is 17.7 Å². The third kappa shape index (κ3) is 5.60. The van der Waals surface area contributed by atoms with Crippen molar-refractivity contribution in [2.24, 2.45) is 0 Å². The van der Waals surface area contributed by atoms with Gasteiger partial charge >= 0.3 is 0 Å². The fraction of sp³-hybridized carbons (Fsp3) is 0.115. The molecule has 5 aromatic rings. The number of aromatic nitrogens is 4. The van der Waals surface area contributed by atoms with Gasteiger partial charge in [-0.25, -0.2) is 22.5 Å². The number of hydrogen-bond donors (Lipinski definition) is 3. The maximum atomic E-state index is 14.6. The molecule has 206 valence electrons. The molecule has 0 aliphatic carbocycles. The van der Waals surface area contributed by atoms with E-state index in [0.717, 1.165) is 6.07 Å². The van der Waals surface area contributed by atoms with Crippen molar-refractivity contribution in [1.29, 1.82) is 0 Å². The Labute approximate surface area is 231 Å². The Morgan fingerprint density at radius 2 is 2.00 bits per heavy atom. The number of nitrogen functional groups attached to an aromatic ring is 1. The monoisotopic (exact) mass is 586 g/mol. The Morgan fingerprint density at radius 3 is 2.73 bits per heavy atom. The normalized spacial score (nSPS) is 11.6. The van der Waals surface area contributed by atoms with E-state index in [1.165, 1.54) is 23.0 Å². The quantitative estimate of drug-likeness (QED) is 0.190. The highest BCUT2D eigenvalue weighted by Crippen LogP contribution is 2.31. The van der Waals surface area contributed by atoms with Gasteiger partial charge in [0.05, 0.1) is 46.3 Å². The number of alkyl halides is 1. The third-order valence-corrected chi connectivity index (χ3v) is 7.48. The summed E-state index contributed by atoms with van der Waals surface area (Å²) in [7, 11) is -3.95. The van der Waals surface area contributed by atoms with Crippen molar-refractivity contribution in [3.63, 3.8) is 0 Å². The molecule has 0 bridgehead atoms. The molecule has 2 aromatic carbocycles. The lowest BCUT2D eigenvalue weighted by molar-refractivity contribution is 0.103. The van der Waals surface area contributed by atoms with E-state index in [1.807, 2.05) is 0 Å². The van der Waals surface area contributed by atoms with Crippen molar-refractivity contribution in [3.05, 3.63) is 89.1 Å². The highest BCUT2D eigenvalue weighted by molar-refractivity contribution is 7.92. The maximum absolute atomic E-state index is 14.6. The van der Waals surface area contributed by atoms with E-state index in [4.69, 9.17) is 22.1 Å². The number of benzene rings is 2. The fourth-order valence-corrected chi connectivity index (χ4v) is 5.27. The van der Waals surface area contributed by atoms with Crippen molar-refractivity contribution in [1.82, 2.24) is 19.7 Å². The third-order valence-electron chi connectivity index (χ3n) is 5.82. The average molecular weight is 587 g/mol. The number of anilines is 2. The minimum Gasteiger partial charge on any atom is -0.439 e. The van der Waals surface area contributed by atoms with Gasteiger partial charge in [0, 0.05) is 29.2 Å². The molecule has 10 nitrogen and oxygen atoms in total. The molecule has 0 amide bonds. The van der Waals surface area contributed by atoms with E-state index < -0.39 is 34.1 Å². The Kier molecular flexibility index (Phi) is 7.41. The zero-order valence-corrected chi connectivity index (χ0v) is 22.1. The molecule has 4 N–H and O–H groups in total. The molecular weight excluding hydrogens is 566 g/mol. The Balaban J connectivity index is 1.39. The molecule has 40 heavy (non-hydrogen) atoms. The molecule has 0 aliphatic heterocycles. The van der Waals surface area contributed by atoms with Gasteiger partial charge in [0.25, 0.3) is 0 Å². The number of ether oxygens (including phenoxy) is 1. The molecule has 0 spiro atoms. The van der Waals surface area contributed by atoms with Gasteiger partial charge in [-0.2, -0.15) is 5.10 Å². The van der Waals surface area contributed by atoms with Crippen LogP contribution in [0.15, 0.2) is 67.0 Å². The van der Waals surface area contributed by atoms with Crippen LogP contribution in [0.25, 0.3) is 16.6 Å². The zero-order valence-electron chi connectivity index (χ0n) is 20.6. The molecular formula is C26H21ClF2N6O4S. The molecule has 0 unspecified atom stereocenters. The summed E-state index contributed by atoms with van der Waals surface area (Å²) >= 11 is 6.45. The smallest absolute Gasteiger partial charge is 0.232 e. The molecule has 0 saturated heterocycles. The van der Waals surface area contributed by atoms with Crippen LogP contribution in [-0.4, -0.2) is 46.4 Å². The van der Waals surface area contributed by atoms with Crippen LogP contribution < -0.4 is 15.2 Å². The lowest BCUT2D eigenvalue weighted by Crippen LogP contribution is -2.17. The molecule has 3 heterocycles. The molecule has 14 heteroatoms. The average Bonchev–Trinajstić information content (AvgIpc) is 3.51. The van der Waals surface area contributed by atoms with E-state index in [9.17, 15) is 22.0 Å². The second-order valence-electron chi connectivity index (χ2n) is 8.63. The first kappa shape index (κ1) is 27.1. The number of pyridine rings is 1. The minimum atomic E-state index is -3.95. The van der Waals surface area contributed by atoms with Crippen molar-refractivity contribution >= 4 is 49.8 Å². The first-order chi connectivity index (χ1) is 19.1. The van der Waals surface area contributed by atoms with E-state index in [1.54, 1.807) is 42.6 Å². The van der Waals surface area contributed by atoms with Gasteiger partial charge in [0.2, 0.25) is 21.7 Å². The Hall–Kier alpha value is -4.49. The van der Waals surface area contributed by atoms with Crippen LogP contribution in [0.4, 0.5) is 20.3 Å². The highest BCUT2D eigenvalue weighted by Gasteiger charge is 2.22. The summed E-state index contributed by atoms with van der Waals surface area (Å²) in [5.74, 6) is -1.05. The predicted molar refractivity (Wildman–Crippen MR) is 147 cm³/mol. The number of fused-ring (bicyclic) bond motifs is 1. The topological polar surface area (TPSA) is 145 Å².